The Morgan fingerprint density at radius 1 is 0.960 bits per heavy atom. The van der Waals surface area contributed by atoms with Gasteiger partial charge in [-0.25, -0.2) is 4.79 Å². The number of benzene rings is 2. The molecule has 0 radical (unpaired) electrons. The fourth-order valence-electron chi connectivity index (χ4n) is 2.14. The number of hydrogen-bond donors (Lipinski definition) is 1. The number of esters is 1. The highest BCUT2D eigenvalue weighted by Gasteiger charge is 2.23. The Kier molecular flexibility index (Phi) is 6.57. The van der Waals surface area contributed by atoms with Gasteiger partial charge in [0, 0.05) is 5.69 Å². The van der Waals surface area contributed by atoms with Crippen molar-refractivity contribution in [3.63, 3.8) is 0 Å². The van der Waals surface area contributed by atoms with E-state index in [1.165, 1.54) is 12.5 Å². The lowest BCUT2D eigenvalue weighted by molar-refractivity contribution is -0.159. The zero-order valence-corrected chi connectivity index (χ0v) is 14.7. The van der Waals surface area contributed by atoms with E-state index in [1.807, 2.05) is 42.5 Å². The van der Waals surface area contributed by atoms with E-state index in [1.54, 1.807) is 19.1 Å². The molecule has 2 rings (SSSR count). The Labute approximate surface area is 148 Å². The number of para-hydroxylation sites is 1. The van der Waals surface area contributed by atoms with Gasteiger partial charge in [0.15, 0.2) is 12.2 Å². The lowest BCUT2D eigenvalue weighted by atomic mass is 10.1. The summed E-state index contributed by atoms with van der Waals surface area (Å²) in [5.41, 5.74) is 1.85. The number of hydrogen-bond acceptors (Lipinski definition) is 4. The van der Waals surface area contributed by atoms with Crippen LogP contribution in [0.3, 0.4) is 0 Å². The fourth-order valence-corrected chi connectivity index (χ4v) is 2.14. The van der Waals surface area contributed by atoms with Crippen LogP contribution in [0, 0.1) is 0 Å². The molecule has 0 saturated heterocycles. The Balaban J connectivity index is 1.85. The van der Waals surface area contributed by atoms with Crippen molar-refractivity contribution in [1.29, 1.82) is 0 Å². The molecule has 132 valence electrons. The van der Waals surface area contributed by atoms with Gasteiger partial charge in [0.1, 0.15) is 5.75 Å². The molecule has 0 aliphatic heterocycles. The van der Waals surface area contributed by atoms with E-state index in [2.05, 4.69) is 12.2 Å². The predicted octanol–water partition coefficient (Wildman–Crippen LogP) is 3.59. The van der Waals surface area contributed by atoms with Crippen molar-refractivity contribution >= 4 is 17.6 Å². The van der Waals surface area contributed by atoms with Crippen LogP contribution in [0.5, 0.6) is 5.75 Å². The van der Waals surface area contributed by atoms with Gasteiger partial charge in [-0.1, -0.05) is 37.3 Å². The Hall–Kier alpha value is -2.82. The van der Waals surface area contributed by atoms with E-state index in [-0.39, 0.29) is 5.91 Å². The summed E-state index contributed by atoms with van der Waals surface area (Å²) in [5.74, 6) is -0.405. The third kappa shape index (κ3) is 5.64. The van der Waals surface area contributed by atoms with Crippen molar-refractivity contribution in [2.45, 2.75) is 39.4 Å². The van der Waals surface area contributed by atoms with E-state index < -0.39 is 18.2 Å². The molecule has 1 amide bonds. The molecule has 0 aliphatic rings. The highest BCUT2D eigenvalue weighted by atomic mass is 16.6. The molecule has 2 atom stereocenters. The maximum absolute atomic E-state index is 12.2. The first kappa shape index (κ1) is 18.5. The second-order valence-electron chi connectivity index (χ2n) is 5.69. The molecule has 5 heteroatoms. The standard InChI is InChI=1S/C20H23NO4/c1-4-16-10-12-17(13-11-16)21-19(22)14(2)25-20(23)15(3)24-18-8-6-5-7-9-18/h5-15H,4H2,1-3H3,(H,21,22)/t14-,15+/m1/s1. The summed E-state index contributed by atoms with van der Waals surface area (Å²) in [5, 5.41) is 2.73. The second-order valence-corrected chi connectivity index (χ2v) is 5.69. The lowest BCUT2D eigenvalue weighted by Crippen LogP contribution is -2.35. The highest BCUT2D eigenvalue weighted by molar-refractivity contribution is 5.95. The summed E-state index contributed by atoms with van der Waals surface area (Å²) < 4.78 is 10.7. The molecular weight excluding hydrogens is 318 g/mol. The summed E-state index contributed by atoms with van der Waals surface area (Å²) in [6.45, 7) is 5.18. The van der Waals surface area contributed by atoms with Crippen molar-refractivity contribution in [1.82, 2.24) is 0 Å². The van der Waals surface area contributed by atoms with Gasteiger partial charge in [0.05, 0.1) is 0 Å². The molecule has 0 heterocycles. The average molecular weight is 341 g/mol. The minimum atomic E-state index is -0.917. The maximum atomic E-state index is 12.2. The maximum Gasteiger partial charge on any atom is 0.347 e. The molecule has 0 aliphatic carbocycles. The van der Waals surface area contributed by atoms with Crippen LogP contribution < -0.4 is 10.1 Å². The van der Waals surface area contributed by atoms with Gasteiger partial charge in [-0.3, -0.25) is 4.79 Å². The van der Waals surface area contributed by atoms with Crippen molar-refractivity contribution in [3.8, 4) is 5.75 Å². The van der Waals surface area contributed by atoms with E-state index in [0.717, 1.165) is 6.42 Å². The predicted molar refractivity (Wildman–Crippen MR) is 96.5 cm³/mol. The van der Waals surface area contributed by atoms with Gasteiger partial charge in [-0.2, -0.15) is 0 Å². The van der Waals surface area contributed by atoms with Gasteiger partial charge in [-0.15, -0.1) is 0 Å². The van der Waals surface area contributed by atoms with Gasteiger partial charge in [0.25, 0.3) is 5.91 Å². The molecule has 5 nitrogen and oxygen atoms in total. The molecule has 0 aromatic heterocycles. The molecule has 2 aromatic carbocycles. The van der Waals surface area contributed by atoms with Gasteiger partial charge >= 0.3 is 5.97 Å². The average Bonchev–Trinajstić information content (AvgIpc) is 2.63. The highest BCUT2D eigenvalue weighted by Crippen LogP contribution is 2.13. The summed E-state index contributed by atoms with van der Waals surface area (Å²) in [4.78, 5) is 24.2. The van der Waals surface area contributed by atoms with E-state index in [0.29, 0.717) is 11.4 Å². The Morgan fingerprint density at radius 2 is 1.60 bits per heavy atom. The normalized spacial score (nSPS) is 12.8. The Morgan fingerprint density at radius 3 is 2.20 bits per heavy atom. The molecule has 0 spiro atoms. The SMILES string of the molecule is CCc1ccc(NC(=O)[C@@H](C)OC(=O)[C@H](C)Oc2ccccc2)cc1. The second kappa shape index (κ2) is 8.87. The number of amides is 1. The summed E-state index contributed by atoms with van der Waals surface area (Å²) in [6, 6.07) is 16.5. The van der Waals surface area contributed by atoms with Crippen molar-refractivity contribution < 1.29 is 19.1 Å². The number of ether oxygens (including phenoxy) is 2. The molecule has 0 fully saturated rings. The summed E-state index contributed by atoms with van der Waals surface area (Å²) in [7, 11) is 0. The lowest BCUT2D eigenvalue weighted by Gasteiger charge is -2.17. The van der Waals surface area contributed by atoms with Crippen LogP contribution in [0.25, 0.3) is 0 Å². The smallest absolute Gasteiger partial charge is 0.347 e. The minimum Gasteiger partial charge on any atom is -0.479 e. The van der Waals surface area contributed by atoms with Crippen LogP contribution >= 0.6 is 0 Å². The number of carbonyl (C=O) groups excluding carboxylic acids is 2. The largest absolute Gasteiger partial charge is 0.479 e. The molecule has 2 aromatic rings. The third-order valence-electron chi connectivity index (χ3n) is 3.68. The van der Waals surface area contributed by atoms with Gasteiger partial charge < -0.3 is 14.8 Å². The molecule has 0 unspecified atom stereocenters. The van der Waals surface area contributed by atoms with Crippen LogP contribution in [-0.2, 0) is 20.7 Å². The van der Waals surface area contributed by atoms with E-state index >= 15 is 0 Å². The quantitative estimate of drug-likeness (QED) is 0.782. The Bertz CT molecular complexity index is 697. The van der Waals surface area contributed by atoms with Crippen molar-refractivity contribution in [2.24, 2.45) is 0 Å². The fraction of sp³-hybridized carbons (Fsp3) is 0.300. The van der Waals surface area contributed by atoms with Crippen LogP contribution in [0.4, 0.5) is 5.69 Å². The first-order chi connectivity index (χ1) is 12.0. The zero-order valence-electron chi connectivity index (χ0n) is 14.7. The summed E-state index contributed by atoms with van der Waals surface area (Å²) >= 11 is 0. The summed E-state index contributed by atoms with van der Waals surface area (Å²) in [6.07, 6.45) is -0.789. The number of rotatable bonds is 7. The van der Waals surface area contributed by atoms with Crippen LogP contribution in [0.1, 0.15) is 26.3 Å². The minimum absolute atomic E-state index is 0.385. The van der Waals surface area contributed by atoms with Crippen molar-refractivity contribution in [3.05, 3.63) is 60.2 Å². The zero-order chi connectivity index (χ0) is 18.2. The van der Waals surface area contributed by atoms with E-state index in [9.17, 15) is 9.59 Å². The van der Waals surface area contributed by atoms with Gasteiger partial charge in [-0.05, 0) is 50.1 Å². The van der Waals surface area contributed by atoms with Crippen LogP contribution in [0.15, 0.2) is 54.6 Å². The third-order valence-corrected chi connectivity index (χ3v) is 3.68. The molecule has 0 saturated carbocycles. The number of anilines is 1. The topological polar surface area (TPSA) is 64.6 Å². The first-order valence-electron chi connectivity index (χ1n) is 8.31. The molecule has 25 heavy (non-hydrogen) atoms. The van der Waals surface area contributed by atoms with Gasteiger partial charge in [0.2, 0.25) is 0 Å². The number of carbonyl (C=O) groups is 2. The molecule has 0 bridgehead atoms. The number of aryl methyl sites for hydroxylation is 1. The van der Waals surface area contributed by atoms with E-state index in [4.69, 9.17) is 9.47 Å². The molecular formula is C20H23NO4. The first-order valence-corrected chi connectivity index (χ1v) is 8.31. The van der Waals surface area contributed by atoms with Crippen LogP contribution in [0.2, 0.25) is 0 Å². The van der Waals surface area contributed by atoms with Crippen molar-refractivity contribution in [2.75, 3.05) is 5.32 Å². The monoisotopic (exact) mass is 341 g/mol. The van der Waals surface area contributed by atoms with Crippen LogP contribution in [-0.4, -0.2) is 24.1 Å². The number of nitrogens with one attached hydrogen (secondary N) is 1. The molecule has 1 N–H and O–H groups in total.